The van der Waals surface area contributed by atoms with Crippen LogP contribution in [0.4, 0.5) is 4.39 Å². The molecule has 1 aromatic rings. The highest BCUT2D eigenvalue weighted by molar-refractivity contribution is 5.20. The molecule has 4 unspecified atom stereocenters. The number of hydrogen-bond acceptors (Lipinski definition) is 2. The maximum absolute atomic E-state index is 13.0. The lowest BCUT2D eigenvalue weighted by molar-refractivity contribution is -0.0490. The molecule has 2 rings (SSSR count). The van der Waals surface area contributed by atoms with E-state index in [1.54, 1.807) is 12.1 Å². The van der Waals surface area contributed by atoms with Crippen molar-refractivity contribution in [2.75, 3.05) is 0 Å². The smallest absolute Gasteiger partial charge is 0.123 e. The summed E-state index contributed by atoms with van der Waals surface area (Å²) >= 11 is 0. The molecule has 0 spiro atoms. The first-order valence-electron chi connectivity index (χ1n) is 7.22. The molecule has 0 heterocycles. The Morgan fingerprint density at radius 3 is 2.53 bits per heavy atom. The van der Waals surface area contributed by atoms with Crippen molar-refractivity contribution in [1.29, 1.82) is 0 Å². The van der Waals surface area contributed by atoms with E-state index in [-0.39, 0.29) is 24.1 Å². The molecule has 2 nitrogen and oxygen atoms in total. The number of ether oxygens (including phenoxy) is 1. The van der Waals surface area contributed by atoms with Crippen LogP contribution in [0.1, 0.15) is 51.2 Å². The van der Waals surface area contributed by atoms with Crippen LogP contribution in [0, 0.1) is 11.7 Å². The quantitative estimate of drug-likeness (QED) is 0.898. The van der Waals surface area contributed by atoms with E-state index in [9.17, 15) is 4.39 Å². The van der Waals surface area contributed by atoms with Gasteiger partial charge in [-0.05, 0) is 43.4 Å². The van der Waals surface area contributed by atoms with Crippen molar-refractivity contribution in [3.63, 3.8) is 0 Å². The van der Waals surface area contributed by atoms with Gasteiger partial charge in [-0.2, -0.15) is 0 Å². The summed E-state index contributed by atoms with van der Waals surface area (Å²) in [7, 11) is 0. The van der Waals surface area contributed by atoms with Crippen molar-refractivity contribution in [2.45, 2.75) is 57.8 Å². The van der Waals surface area contributed by atoms with Crippen molar-refractivity contribution in [2.24, 2.45) is 11.7 Å². The van der Waals surface area contributed by atoms with Gasteiger partial charge in [0.25, 0.3) is 0 Å². The highest BCUT2D eigenvalue weighted by Crippen LogP contribution is 2.31. The van der Waals surface area contributed by atoms with Gasteiger partial charge in [0.15, 0.2) is 0 Å². The Morgan fingerprint density at radius 2 is 1.95 bits per heavy atom. The number of halogens is 1. The Morgan fingerprint density at radius 1 is 1.26 bits per heavy atom. The fourth-order valence-corrected chi connectivity index (χ4v) is 2.87. The van der Waals surface area contributed by atoms with Gasteiger partial charge in [-0.25, -0.2) is 4.39 Å². The van der Waals surface area contributed by atoms with Gasteiger partial charge in [0, 0.05) is 6.04 Å². The molecule has 0 aliphatic heterocycles. The fraction of sp³-hybridized carbons (Fsp3) is 0.625. The lowest BCUT2D eigenvalue weighted by atomic mass is 9.88. The first-order chi connectivity index (χ1) is 9.06. The number of hydrogen-bond donors (Lipinski definition) is 1. The fourth-order valence-electron chi connectivity index (χ4n) is 2.87. The zero-order valence-electron chi connectivity index (χ0n) is 11.8. The largest absolute Gasteiger partial charge is 0.369 e. The molecule has 4 atom stereocenters. The molecule has 3 heteroatoms. The second-order valence-electron chi connectivity index (χ2n) is 5.86. The highest BCUT2D eigenvalue weighted by Gasteiger charge is 2.25. The van der Waals surface area contributed by atoms with Crippen LogP contribution in [0.2, 0.25) is 0 Å². The molecule has 1 aliphatic rings. The number of benzene rings is 1. The average molecular weight is 265 g/mol. The van der Waals surface area contributed by atoms with E-state index in [2.05, 4.69) is 6.92 Å². The number of rotatable bonds is 4. The molecule has 19 heavy (non-hydrogen) atoms. The van der Waals surface area contributed by atoms with E-state index in [1.807, 2.05) is 6.92 Å². The summed E-state index contributed by atoms with van der Waals surface area (Å²) in [5, 5.41) is 0. The predicted octanol–water partition coefficient (Wildman–Crippen LogP) is 3.81. The van der Waals surface area contributed by atoms with E-state index in [0.717, 1.165) is 24.3 Å². The molecule has 0 saturated heterocycles. The minimum absolute atomic E-state index is 0.0947. The Bertz CT molecular complexity index is 390. The summed E-state index contributed by atoms with van der Waals surface area (Å²) in [5.74, 6) is 0.499. The minimum Gasteiger partial charge on any atom is -0.369 e. The molecule has 0 bridgehead atoms. The standard InChI is InChI=1S/C16H24FNO/c1-11-4-3-5-15(10-11)19-16(12(2)18)13-6-8-14(17)9-7-13/h6-9,11-12,15-16H,3-5,10,18H2,1-2H3. The molecule has 1 aliphatic carbocycles. The van der Waals surface area contributed by atoms with Crippen molar-refractivity contribution >= 4 is 0 Å². The van der Waals surface area contributed by atoms with Crippen LogP contribution in [-0.4, -0.2) is 12.1 Å². The zero-order valence-corrected chi connectivity index (χ0v) is 11.8. The van der Waals surface area contributed by atoms with Crippen LogP contribution in [0.5, 0.6) is 0 Å². The van der Waals surface area contributed by atoms with Crippen LogP contribution in [0.25, 0.3) is 0 Å². The van der Waals surface area contributed by atoms with Crippen LogP contribution < -0.4 is 5.73 Å². The third kappa shape index (κ3) is 4.02. The third-order valence-electron chi connectivity index (χ3n) is 3.90. The Labute approximate surface area is 115 Å². The van der Waals surface area contributed by atoms with Gasteiger partial charge in [-0.3, -0.25) is 0 Å². The second kappa shape index (κ2) is 6.49. The van der Waals surface area contributed by atoms with E-state index in [0.29, 0.717) is 0 Å². The van der Waals surface area contributed by atoms with Gasteiger partial charge < -0.3 is 10.5 Å². The zero-order chi connectivity index (χ0) is 13.8. The van der Waals surface area contributed by atoms with Gasteiger partial charge in [-0.15, -0.1) is 0 Å². The number of nitrogens with two attached hydrogens (primary N) is 1. The monoisotopic (exact) mass is 265 g/mol. The molecule has 0 radical (unpaired) electrons. The normalized spacial score (nSPS) is 26.9. The van der Waals surface area contributed by atoms with Gasteiger partial charge >= 0.3 is 0 Å². The predicted molar refractivity (Wildman–Crippen MR) is 75.3 cm³/mol. The Hall–Kier alpha value is -0.930. The highest BCUT2D eigenvalue weighted by atomic mass is 19.1. The summed E-state index contributed by atoms with van der Waals surface area (Å²) in [5.41, 5.74) is 7.01. The molecular weight excluding hydrogens is 241 g/mol. The Kier molecular flexibility index (Phi) is 4.94. The first-order valence-corrected chi connectivity index (χ1v) is 7.22. The molecular formula is C16H24FNO. The minimum atomic E-state index is -0.224. The molecule has 0 aromatic heterocycles. The van der Waals surface area contributed by atoms with Crippen LogP contribution in [0.3, 0.4) is 0 Å². The van der Waals surface area contributed by atoms with E-state index >= 15 is 0 Å². The maximum atomic E-state index is 13.0. The van der Waals surface area contributed by atoms with Gasteiger partial charge in [0.05, 0.1) is 12.2 Å². The van der Waals surface area contributed by atoms with Crippen LogP contribution >= 0.6 is 0 Å². The molecule has 2 N–H and O–H groups in total. The van der Waals surface area contributed by atoms with Crippen LogP contribution in [0.15, 0.2) is 24.3 Å². The van der Waals surface area contributed by atoms with Crippen molar-refractivity contribution in [3.8, 4) is 0 Å². The Balaban J connectivity index is 2.05. The summed E-state index contributed by atoms with van der Waals surface area (Å²) in [6.07, 6.45) is 4.86. The van der Waals surface area contributed by atoms with Crippen molar-refractivity contribution < 1.29 is 9.13 Å². The first kappa shape index (κ1) is 14.5. The van der Waals surface area contributed by atoms with Gasteiger partial charge in [0.1, 0.15) is 5.82 Å². The van der Waals surface area contributed by atoms with Gasteiger partial charge in [0.2, 0.25) is 0 Å². The summed E-state index contributed by atoms with van der Waals surface area (Å²) in [6, 6.07) is 6.39. The van der Waals surface area contributed by atoms with E-state index in [4.69, 9.17) is 10.5 Å². The summed E-state index contributed by atoms with van der Waals surface area (Å²) in [4.78, 5) is 0. The summed E-state index contributed by atoms with van der Waals surface area (Å²) < 4.78 is 19.2. The molecule has 0 amide bonds. The SMILES string of the molecule is CC1CCCC(OC(c2ccc(F)cc2)C(C)N)C1. The van der Waals surface area contributed by atoms with Crippen molar-refractivity contribution in [3.05, 3.63) is 35.6 Å². The van der Waals surface area contributed by atoms with E-state index in [1.165, 1.54) is 25.0 Å². The molecule has 1 aromatic carbocycles. The second-order valence-corrected chi connectivity index (χ2v) is 5.86. The molecule has 1 fully saturated rings. The maximum Gasteiger partial charge on any atom is 0.123 e. The van der Waals surface area contributed by atoms with E-state index < -0.39 is 0 Å². The lowest BCUT2D eigenvalue weighted by Crippen LogP contribution is -2.32. The molecule has 1 saturated carbocycles. The summed E-state index contributed by atoms with van der Waals surface area (Å²) in [6.45, 7) is 4.22. The third-order valence-corrected chi connectivity index (χ3v) is 3.90. The molecule has 106 valence electrons. The van der Waals surface area contributed by atoms with Gasteiger partial charge in [-0.1, -0.05) is 31.9 Å². The van der Waals surface area contributed by atoms with Crippen molar-refractivity contribution in [1.82, 2.24) is 0 Å². The van der Waals surface area contributed by atoms with Crippen LogP contribution in [-0.2, 0) is 4.74 Å². The average Bonchev–Trinajstić information content (AvgIpc) is 2.37. The lowest BCUT2D eigenvalue weighted by Gasteiger charge is -2.32. The topological polar surface area (TPSA) is 35.2 Å².